The largest absolute Gasteiger partial charge is 0.334 e. The Morgan fingerprint density at radius 3 is 2.67 bits per heavy atom. The standard InChI is InChI=1S/C20H25N3O3S/c1-2-3-13-27(25,26)23-12-11-17-9-10-18(14-19(17)23)22-20(24)21-15-16-7-5-4-6-8-16/h4-10,14H,2-3,11-13,15H2,1H3,(H2,21,22,24). The zero-order valence-corrected chi connectivity index (χ0v) is 16.3. The van der Waals surface area contributed by atoms with Crippen molar-refractivity contribution in [1.29, 1.82) is 0 Å². The fourth-order valence-electron chi connectivity index (χ4n) is 3.11. The molecule has 2 N–H and O–H groups in total. The van der Waals surface area contributed by atoms with E-state index in [2.05, 4.69) is 10.6 Å². The summed E-state index contributed by atoms with van der Waals surface area (Å²) < 4.78 is 26.6. The van der Waals surface area contributed by atoms with E-state index < -0.39 is 10.0 Å². The highest BCUT2D eigenvalue weighted by molar-refractivity contribution is 7.92. The zero-order chi connectivity index (χ0) is 19.3. The summed E-state index contributed by atoms with van der Waals surface area (Å²) in [6.45, 7) is 2.86. The first-order valence-electron chi connectivity index (χ1n) is 9.22. The van der Waals surface area contributed by atoms with Crippen LogP contribution in [0.25, 0.3) is 0 Å². The molecule has 0 spiro atoms. The van der Waals surface area contributed by atoms with Crippen LogP contribution in [0.1, 0.15) is 30.9 Å². The molecule has 0 aromatic heterocycles. The molecule has 7 heteroatoms. The summed E-state index contributed by atoms with van der Waals surface area (Å²) >= 11 is 0. The number of hydrogen-bond acceptors (Lipinski definition) is 3. The average Bonchev–Trinajstić information content (AvgIpc) is 3.10. The van der Waals surface area contributed by atoms with Crippen molar-refractivity contribution in [3.8, 4) is 0 Å². The van der Waals surface area contributed by atoms with Crippen molar-refractivity contribution in [2.24, 2.45) is 0 Å². The number of carbonyl (C=O) groups is 1. The summed E-state index contributed by atoms with van der Waals surface area (Å²) in [5.41, 5.74) is 3.25. The molecule has 3 rings (SSSR count). The number of fused-ring (bicyclic) bond motifs is 1. The molecule has 1 aliphatic rings. The van der Waals surface area contributed by atoms with Gasteiger partial charge in [-0.1, -0.05) is 49.7 Å². The van der Waals surface area contributed by atoms with Gasteiger partial charge in [-0.3, -0.25) is 4.31 Å². The summed E-state index contributed by atoms with van der Waals surface area (Å²) in [6.07, 6.45) is 2.18. The number of nitrogens with zero attached hydrogens (tertiary/aromatic N) is 1. The number of unbranched alkanes of at least 4 members (excludes halogenated alkanes) is 1. The average molecular weight is 388 g/mol. The van der Waals surface area contributed by atoms with Crippen LogP contribution in [0.2, 0.25) is 0 Å². The Hall–Kier alpha value is -2.54. The van der Waals surface area contributed by atoms with Crippen molar-refractivity contribution in [2.75, 3.05) is 21.9 Å². The van der Waals surface area contributed by atoms with E-state index in [-0.39, 0.29) is 11.8 Å². The molecule has 0 atom stereocenters. The molecule has 0 aliphatic carbocycles. The van der Waals surface area contributed by atoms with Gasteiger partial charge in [-0.2, -0.15) is 0 Å². The number of rotatable bonds is 7. The topological polar surface area (TPSA) is 78.5 Å². The number of sulfonamides is 1. The van der Waals surface area contributed by atoms with Gasteiger partial charge in [-0.25, -0.2) is 13.2 Å². The molecule has 0 unspecified atom stereocenters. The van der Waals surface area contributed by atoms with Crippen LogP contribution in [0, 0.1) is 0 Å². The Morgan fingerprint density at radius 1 is 1.15 bits per heavy atom. The molecule has 2 aromatic rings. The fraction of sp³-hybridized carbons (Fsp3) is 0.350. The number of nitrogens with one attached hydrogen (secondary N) is 2. The van der Waals surface area contributed by atoms with Gasteiger partial charge in [0.25, 0.3) is 0 Å². The molecule has 2 aromatic carbocycles. The van der Waals surface area contributed by atoms with E-state index in [9.17, 15) is 13.2 Å². The summed E-state index contributed by atoms with van der Waals surface area (Å²) in [7, 11) is -3.32. The zero-order valence-electron chi connectivity index (χ0n) is 15.4. The van der Waals surface area contributed by atoms with E-state index in [0.29, 0.717) is 37.3 Å². The van der Waals surface area contributed by atoms with Crippen molar-refractivity contribution >= 4 is 27.4 Å². The quantitative estimate of drug-likeness (QED) is 0.763. The molecule has 0 bridgehead atoms. The number of urea groups is 1. The summed E-state index contributed by atoms with van der Waals surface area (Å²) in [6, 6.07) is 14.8. The van der Waals surface area contributed by atoms with Crippen molar-refractivity contribution in [2.45, 2.75) is 32.7 Å². The second-order valence-corrected chi connectivity index (χ2v) is 8.64. The van der Waals surface area contributed by atoms with Gasteiger partial charge in [0.2, 0.25) is 10.0 Å². The van der Waals surface area contributed by atoms with Crippen LogP contribution in [-0.4, -0.2) is 26.7 Å². The predicted molar refractivity (Wildman–Crippen MR) is 108 cm³/mol. The number of carbonyl (C=O) groups excluding carboxylic acids is 1. The fourth-order valence-corrected chi connectivity index (χ4v) is 4.82. The molecular formula is C20H25N3O3S. The highest BCUT2D eigenvalue weighted by Gasteiger charge is 2.29. The Kier molecular flexibility index (Phi) is 6.01. The molecule has 0 radical (unpaired) electrons. The molecule has 1 heterocycles. The van der Waals surface area contributed by atoms with Crippen LogP contribution in [0.15, 0.2) is 48.5 Å². The maximum Gasteiger partial charge on any atom is 0.319 e. The molecule has 6 nitrogen and oxygen atoms in total. The lowest BCUT2D eigenvalue weighted by molar-refractivity contribution is 0.251. The van der Waals surface area contributed by atoms with Gasteiger partial charge in [0.15, 0.2) is 0 Å². The molecule has 0 fully saturated rings. The molecule has 2 amide bonds. The third kappa shape index (κ3) is 4.80. The van der Waals surface area contributed by atoms with Crippen LogP contribution in [-0.2, 0) is 23.0 Å². The van der Waals surface area contributed by atoms with Crippen molar-refractivity contribution in [1.82, 2.24) is 5.32 Å². The Bertz CT molecular complexity index is 898. The van der Waals surface area contributed by atoms with Gasteiger partial charge in [-0.15, -0.1) is 0 Å². The number of amides is 2. The van der Waals surface area contributed by atoms with Gasteiger partial charge in [0, 0.05) is 18.8 Å². The highest BCUT2D eigenvalue weighted by atomic mass is 32.2. The lowest BCUT2D eigenvalue weighted by Gasteiger charge is -2.20. The molecule has 1 aliphatic heterocycles. The monoisotopic (exact) mass is 387 g/mol. The smallest absolute Gasteiger partial charge is 0.319 e. The van der Waals surface area contributed by atoms with Crippen molar-refractivity contribution in [3.63, 3.8) is 0 Å². The third-order valence-electron chi connectivity index (χ3n) is 4.58. The summed E-state index contributed by atoms with van der Waals surface area (Å²) in [5, 5.41) is 5.59. The van der Waals surface area contributed by atoms with Crippen LogP contribution >= 0.6 is 0 Å². The van der Waals surface area contributed by atoms with E-state index in [1.165, 1.54) is 4.31 Å². The van der Waals surface area contributed by atoms with E-state index in [4.69, 9.17) is 0 Å². The van der Waals surface area contributed by atoms with E-state index >= 15 is 0 Å². The normalized spacial score (nSPS) is 13.3. The lowest BCUT2D eigenvalue weighted by Crippen LogP contribution is -2.31. The second kappa shape index (κ2) is 8.43. The summed E-state index contributed by atoms with van der Waals surface area (Å²) in [4.78, 5) is 12.2. The molecular weight excluding hydrogens is 362 g/mol. The SMILES string of the molecule is CCCCS(=O)(=O)N1CCc2ccc(NC(=O)NCc3ccccc3)cc21. The van der Waals surface area contributed by atoms with Crippen molar-refractivity contribution in [3.05, 3.63) is 59.7 Å². The van der Waals surface area contributed by atoms with E-state index in [1.807, 2.05) is 49.4 Å². The minimum Gasteiger partial charge on any atom is -0.334 e. The van der Waals surface area contributed by atoms with Gasteiger partial charge in [0.05, 0.1) is 11.4 Å². The van der Waals surface area contributed by atoms with Crippen LogP contribution in [0.3, 0.4) is 0 Å². The maximum atomic E-state index is 12.6. The maximum absolute atomic E-state index is 12.6. The van der Waals surface area contributed by atoms with Crippen LogP contribution < -0.4 is 14.9 Å². The van der Waals surface area contributed by atoms with Gasteiger partial charge >= 0.3 is 6.03 Å². The number of benzene rings is 2. The van der Waals surface area contributed by atoms with Crippen LogP contribution in [0.4, 0.5) is 16.2 Å². The first kappa shape index (κ1) is 19.2. The number of hydrogen-bond donors (Lipinski definition) is 2. The van der Waals surface area contributed by atoms with E-state index in [1.54, 1.807) is 6.07 Å². The molecule has 0 saturated carbocycles. The van der Waals surface area contributed by atoms with Crippen LogP contribution in [0.5, 0.6) is 0 Å². The Balaban J connectivity index is 1.66. The minimum absolute atomic E-state index is 0.151. The van der Waals surface area contributed by atoms with Gasteiger partial charge in [-0.05, 0) is 36.1 Å². The highest BCUT2D eigenvalue weighted by Crippen LogP contribution is 2.33. The molecule has 27 heavy (non-hydrogen) atoms. The minimum atomic E-state index is -3.32. The number of anilines is 2. The lowest BCUT2D eigenvalue weighted by atomic mass is 10.1. The van der Waals surface area contributed by atoms with Gasteiger partial charge in [0.1, 0.15) is 0 Å². The van der Waals surface area contributed by atoms with Crippen molar-refractivity contribution < 1.29 is 13.2 Å². The van der Waals surface area contributed by atoms with Gasteiger partial charge < -0.3 is 10.6 Å². The predicted octanol–water partition coefficient (Wildman–Crippen LogP) is 3.50. The Labute approximate surface area is 160 Å². The summed E-state index contributed by atoms with van der Waals surface area (Å²) in [5.74, 6) is 0.151. The third-order valence-corrected chi connectivity index (χ3v) is 6.44. The first-order valence-corrected chi connectivity index (χ1v) is 10.8. The molecule has 0 saturated heterocycles. The van der Waals surface area contributed by atoms with E-state index in [0.717, 1.165) is 17.5 Å². The first-order chi connectivity index (χ1) is 13.0. The Morgan fingerprint density at radius 2 is 1.93 bits per heavy atom. The second-order valence-electron chi connectivity index (χ2n) is 6.63. The molecule has 144 valence electrons.